The number of aromatic nitrogens is 2. The van der Waals surface area contributed by atoms with E-state index in [1.165, 1.54) is 26.2 Å². The van der Waals surface area contributed by atoms with E-state index in [4.69, 9.17) is 10.5 Å². The van der Waals surface area contributed by atoms with Crippen molar-refractivity contribution in [1.82, 2.24) is 9.13 Å². The fourth-order valence-electron chi connectivity index (χ4n) is 2.86. The van der Waals surface area contributed by atoms with Crippen LogP contribution in [0.2, 0.25) is 0 Å². The number of phenols is 1. The van der Waals surface area contributed by atoms with Crippen molar-refractivity contribution in [2.75, 3.05) is 12.3 Å². The molecule has 0 fully saturated rings. The highest BCUT2D eigenvalue weighted by atomic mass is 16.5. The first kappa shape index (κ1) is 20.6. The number of ether oxygens (including phenoxy) is 1. The number of benzene rings is 2. The molecular weight excluding hydrogens is 390 g/mol. The van der Waals surface area contributed by atoms with Gasteiger partial charge in [0.25, 0.3) is 5.56 Å². The van der Waals surface area contributed by atoms with E-state index in [-0.39, 0.29) is 17.1 Å². The van der Waals surface area contributed by atoms with Crippen LogP contribution in [0.4, 0.5) is 5.82 Å². The number of nitrogen functional groups attached to an aromatic ring is 1. The third kappa shape index (κ3) is 3.86. The van der Waals surface area contributed by atoms with Gasteiger partial charge in [0, 0.05) is 14.1 Å². The number of aromatic hydroxyl groups is 1. The van der Waals surface area contributed by atoms with Gasteiger partial charge >= 0.3 is 11.7 Å². The van der Waals surface area contributed by atoms with Gasteiger partial charge < -0.3 is 15.6 Å². The lowest BCUT2D eigenvalue weighted by molar-refractivity contribution is 0.0474. The van der Waals surface area contributed by atoms with Crippen LogP contribution in [0.1, 0.15) is 20.7 Å². The molecule has 9 heteroatoms. The molecule has 0 amide bonds. The van der Waals surface area contributed by atoms with Gasteiger partial charge in [0.1, 0.15) is 17.1 Å². The summed E-state index contributed by atoms with van der Waals surface area (Å²) in [5.74, 6) is -1.70. The first-order valence-corrected chi connectivity index (χ1v) is 8.86. The molecule has 0 spiro atoms. The highest BCUT2D eigenvalue weighted by Crippen LogP contribution is 2.22. The third-order valence-electron chi connectivity index (χ3n) is 4.64. The Bertz CT molecular complexity index is 1240. The predicted octanol–water partition coefficient (Wildman–Crippen LogP) is 1.08. The number of hydrogen-bond donors (Lipinski definition) is 2. The molecule has 0 atom stereocenters. The smallest absolute Gasteiger partial charge is 0.338 e. The number of carbonyl (C=O) groups is 2. The van der Waals surface area contributed by atoms with Gasteiger partial charge in [0.15, 0.2) is 6.61 Å². The monoisotopic (exact) mass is 409 g/mol. The van der Waals surface area contributed by atoms with Crippen LogP contribution >= 0.6 is 0 Å². The molecule has 9 nitrogen and oxygen atoms in total. The Morgan fingerprint density at radius 3 is 2.03 bits per heavy atom. The van der Waals surface area contributed by atoms with Crippen molar-refractivity contribution in [2.45, 2.75) is 0 Å². The lowest BCUT2D eigenvalue weighted by Crippen LogP contribution is -2.42. The minimum Gasteiger partial charge on any atom is -0.508 e. The number of anilines is 1. The Hall–Kier alpha value is -4.14. The quantitative estimate of drug-likeness (QED) is 0.476. The van der Waals surface area contributed by atoms with Gasteiger partial charge in [-0.2, -0.15) is 0 Å². The topological polar surface area (TPSA) is 134 Å². The van der Waals surface area contributed by atoms with E-state index in [1.54, 1.807) is 36.4 Å². The molecular formula is C21H19N3O6. The number of nitrogens with two attached hydrogens (primary N) is 1. The zero-order valence-corrected chi connectivity index (χ0v) is 16.3. The van der Waals surface area contributed by atoms with Crippen molar-refractivity contribution in [3.8, 4) is 16.9 Å². The molecule has 3 aromatic rings. The average molecular weight is 409 g/mol. The lowest BCUT2D eigenvalue weighted by Gasteiger charge is -2.11. The van der Waals surface area contributed by atoms with Crippen LogP contribution in [0, 0.1) is 0 Å². The van der Waals surface area contributed by atoms with Gasteiger partial charge in [-0.05, 0) is 35.4 Å². The molecule has 3 rings (SSSR count). The summed E-state index contributed by atoms with van der Waals surface area (Å²) in [5, 5.41) is 9.35. The highest BCUT2D eigenvalue weighted by molar-refractivity contribution is 6.02. The standard InChI is InChI=1S/C21H19N3O6/c1-23-18(22)17(19(27)24(2)21(23)29)16(26)11-30-20(28)14-5-3-12(4-6-14)13-7-9-15(25)10-8-13/h3-10,25H,11,22H2,1-2H3. The molecule has 1 aromatic heterocycles. The second kappa shape index (κ2) is 8.08. The lowest BCUT2D eigenvalue weighted by atomic mass is 10.0. The molecule has 0 saturated heterocycles. The normalized spacial score (nSPS) is 10.6. The molecule has 1 heterocycles. The van der Waals surface area contributed by atoms with Crippen molar-refractivity contribution >= 4 is 17.6 Å². The van der Waals surface area contributed by atoms with Crippen molar-refractivity contribution in [1.29, 1.82) is 0 Å². The fraction of sp³-hybridized carbons (Fsp3) is 0.143. The van der Waals surface area contributed by atoms with E-state index in [0.29, 0.717) is 0 Å². The molecule has 0 bridgehead atoms. The molecule has 0 aliphatic carbocycles. The summed E-state index contributed by atoms with van der Waals surface area (Å²) in [6.07, 6.45) is 0. The minimum absolute atomic E-state index is 0.151. The van der Waals surface area contributed by atoms with E-state index < -0.39 is 35.2 Å². The summed E-state index contributed by atoms with van der Waals surface area (Å²) in [5.41, 5.74) is 5.69. The van der Waals surface area contributed by atoms with Gasteiger partial charge in [-0.3, -0.25) is 18.7 Å². The molecule has 154 valence electrons. The summed E-state index contributed by atoms with van der Waals surface area (Å²) in [6, 6.07) is 13.1. The molecule has 0 radical (unpaired) electrons. The zero-order chi connectivity index (χ0) is 22.0. The second-order valence-corrected chi connectivity index (χ2v) is 6.59. The Balaban J connectivity index is 1.73. The maximum absolute atomic E-state index is 12.4. The van der Waals surface area contributed by atoms with Crippen molar-refractivity contribution < 1.29 is 19.4 Å². The van der Waals surface area contributed by atoms with Crippen LogP contribution in [0.25, 0.3) is 11.1 Å². The van der Waals surface area contributed by atoms with Gasteiger partial charge in [0.05, 0.1) is 5.56 Å². The van der Waals surface area contributed by atoms with Crippen LogP contribution in [0.5, 0.6) is 5.75 Å². The third-order valence-corrected chi connectivity index (χ3v) is 4.64. The Morgan fingerprint density at radius 1 is 0.933 bits per heavy atom. The summed E-state index contributed by atoms with van der Waals surface area (Å²) >= 11 is 0. The maximum Gasteiger partial charge on any atom is 0.338 e. The number of ketones is 1. The van der Waals surface area contributed by atoms with Crippen molar-refractivity contribution in [3.05, 3.63) is 80.5 Å². The Morgan fingerprint density at radius 2 is 1.47 bits per heavy atom. The van der Waals surface area contributed by atoms with Gasteiger partial charge in [0.2, 0.25) is 5.78 Å². The molecule has 0 unspecified atom stereocenters. The van der Waals surface area contributed by atoms with Crippen LogP contribution < -0.4 is 17.0 Å². The van der Waals surface area contributed by atoms with Gasteiger partial charge in [-0.1, -0.05) is 24.3 Å². The number of esters is 1. The minimum atomic E-state index is -0.852. The molecule has 30 heavy (non-hydrogen) atoms. The molecule has 0 aliphatic rings. The summed E-state index contributed by atoms with van der Waals surface area (Å²) in [7, 11) is 2.55. The number of phenolic OH excluding ortho intramolecular Hbond substituents is 1. The van der Waals surface area contributed by atoms with E-state index in [0.717, 1.165) is 20.3 Å². The maximum atomic E-state index is 12.4. The largest absolute Gasteiger partial charge is 0.508 e. The number of carbonyl (C=O) groups excluding carboxylic acids is 2. The number of hydrogen-bond acceptors (Lipinski definition) is 7. The van der Waals surface area contributed by atoms with E-state index in [1.807, 2.05) is 0 Å². The highest BCUT2D eigenvalue weighted by Gasteiger charge is 2.21. The fourth-order valence-corrected chi connectivity index (χ4v) is 2.86. The molecule has 3 N–H and O–H groups in total. The van der Waals surface area contributed by atoms with Crippen molar-refractivity contribution in [2.24, 2.45) is 14.1 Å². The molecule has 0 saturated carbocycles. The van der Waals surface area contributed by atoms with Gasteiger partial charge in [-0.25, -0.2) is 9.59 Å². The number of rotatable bonds is 5. The number of Topliss-reactive ketones (excluding diaryl/α,β-unsaturated/α-hetero) is 1. The van der Waals surface area contributed by atoms with E-state index >= 15 is 0 Å². The van der Waals surface area contributed by atoms with E-state index in [9.17, 15) is 24.3 Å². The Kier molecular flexibility index (Phi) is 5.54. The number of nitrogens with zero attached hydrogens (tertiary/aromatic N) is 2. The zero-order valence-electron chi connectivity index (χ0n) is 16.3. The summed E-state index contributed by atoms with van der Waals surface area (Å²) in [4.78, 5) is 48.7. The van der Waals surface area contributed by atoms with Crippen LogP contribution in [0.3, 0.4) is 0 Å². The first-order valence-electron chi connectivity index (χ1n) is 8.86. The Labute approximate surface area is 170 Å². The molecule has 0 aliphatic heterocycles. The van der Waals surface area contributed by atoms with Crippen molar-refractivity contribution in [3.63, 3.8) is 0 Å². The SMILES string of the molecule is Cn1c(N)c(C(=O)COC(=O)c2ccc(-c3ccc(O)cc3)cc2)c(=O)n(C)c1=O. The van der Waals surface area contributed by atoms with Crippen LogP contribution in [0.15, 0.2) is 58.1 Å². The van der Waals surface area contributed by atoms with Gasteiger partial charge in [-0.15, -0.1) is 0 Å². The predicted molar refractivity (Wildman–Crippen MR) is 109 cm³/mol. The first-order chi connectivity index (χ1) is 14.2. The second-order valence-electron chi connectivity index (χ2n) is 6.59. The molecule has 2 aromatic carbocycles. The van der Waals surface area contributed by atoms with E-state index in [2.05, 4.69) is 0 Å². The van der Waals surface area contributed by atoms with Crippen LogP contribution in [-0.4, -0.2) is 32.6 Å². The summed E-state index contributed by atoms with van der Waals surface area (Å²) < 4.78 is 6.74. The summed E-state index contributed by atoms with van der Waals surface area (Å²) in [6.45, 7) is -0.698. The van der Waals surface area contributed by atoms with Crippen LogP contribution in [-0.2, 0) is 18.8 Å². The average Bonchev–Trinajstić information content (AvgIpc) is 2.75.